The van der Waals surface area contributed by atoms with Crippen LogP contribution in [0.4, 0.5) is 5.95 Å². The van der Waals surface area contributed by atoms with Crippen molar-refractivity contribution in [1.29, 1.82) is 0 Å². The van der Waals surface area contributed by atoms with Gasteiger partial charge in [-0.1, -0.05) is 5.10 Å². The summed E-state index contributed by atoms with van der Waals surface area (Å²) in [5.41, 5.74) is 0. The van der Waals surface area contributed by atoms with E-state index in [9.17, 15) is 0 Å². The number of nitrogens with one attached hydrogen (secondary N) is 1. The maximum Gasteiger partial charge on any atom is 0.243 e. The van der Waals surface area contributed by atoms with Gasteiger partial charge in [0, 0.05) is 7.05 Å². The van der Waals surface area contributed by atoms with Crippen LogP contribution in [0.3, 0.4) is 0 Å². The lowest BCUT2D eigenvalue weighted by Crippen LogP contribution is -2.04. The van der Waals surface area contributed by atoms with Gasteiger partial charge in [0.15, 0.2) is 0 Å². The van der Waals surface area contributed by atoms with Gasteiger partial charge in [0.05, 0.1) is 6.54 Å². The van der Waals surface area contributed by atoms with Gasteiger partial charge in [-0.3, -0.25) is 0 Å². The van der Waals surface area contributed by atoms with Crippen LogP contribution in [-0.4, -0.2) is 20.2 Å². The fourth-order valence-electron chi connectivity index (χ4n) is 1.13. The average Bonchev–Trinajstić information content (AvgIpc) is 2.72. The van der Waals surface area contributed by atoms with Crippen LogP contribution in [0.15, 0.2) is 16.5 Å². The van der Waals surface area contributed by atoms with E-state index < -0.39 is 0 Å². The van der Waals surface area contributed by atoms with Gasteiger partial charge in [-0.2, -0.15) is 0 Å². The highest BCUT2D eigenvalue weighted by Gasteiger charge is 2.02. The maximum absolute atomic E-state index is 5.38. The van der Waals surface area contributed by atoms with Gasteiger partial charge >= 0.3 is 0 Å². The molecule has 0 aliphatic rings. The number of rotatable bonds is 3. The Morgan fingerprint density at radius 2 is 2.36 bits per heavy atom. The van der Waals surface area contributed by atoms with Crippen molar-refractivity contribution in [2.24, 2.45) is 7.05 Å². The summed E-state index contributed by atoms with van der Waals surface area (Å²) < 4.78 is 6.95. The molecule has 1 N–H and O–H groups in total. The van der Waals surface area contributed by atoms with Crippen LogP contribution in [0.2, 0.25) is 0 Å². The highest BCUT2D eigenvalue weighted by Crippen LogP contribution is 2.07. The van der Waals surface area contributed by atoms with E-state index in [1.807, 2.05) is 19.1 Å². The van der Waals surface area contributed by atoms with Crippen LogP contribution in [0.1, 0.15) is 11.5 Å². The highest BCUT2D eigenvalue weighted by molar-refractivity contribution is 5.22. The van der Waals surface area contributed by atoms with Gasteiger partial charge in [0.1, 0.15) is 11.5 Å². The molecule has 0 fully saturated rings. The first-order valence-corrected chi connectivity index (χ1v) is 4.27. The summed E-state index contributed by atoms with van der Waals surface area (Å²) in [6, 6.07) is 3.85. The van der Waals surface area contributed by atoms with Crippen LogP contribution in [0.25, 0.3) is 0 Å². The Morgan fingerprint density at radius 1 is 1.50 bits per heavy atom. The van der Waals surface area contributed by atoms with E-state index in [1.54, 1.807) is 11.7 Å². The van der Waals surface area contributed by atoms with E-state index in [0.717, 1.165) is 11.5 Å². The number of anilines is 1. The number of furan rings is 1. The standard InChI is InChI=1S/C8H11N5O/c1-6-3-4-7(14-6)5-9-8-10-11-12-13(8)2/h3-4H,5H2,1-2H3,(H,9,10,12). The predicted octanol–water partition coefficient (Wildman–Crippen LogP) is 0.724. The maximum atomic E-state index is 5.38. The topological polar surface area (TPSA) is 68.8 Å². The zero-order chi connectivity index (χ0) is 9.97. The molecule has 0 aliphatic heterocycles. The molecule has 2 rings (SSSR count). The third-order valence-corrected chi connectivity index (χ3v) is 1.84. The molecule has 0 unspecified atom stereocenters. The molecule has 0 bridgehead atoms. The number of aryl methyl sites for hydroxylation is 2. The smallest absolute Gasteiger partial charge is 0.243 e. The molecule has 0 saturated heterocycles. The number of nitrogens with zero attached hydrogens (tertiary/aromatic N) is 4. The number of tetrazole rings is 1. The fraction of sp³-hybridized carbons (Fsp3) is 0.375. The van der Waals surface area contributed by atoms with E-state index in [4.69, 9.17) is 4.42 Å². The molecule has 2 heterocycles. The summed E-state index contributed by atoms with van der Waals surface area (Å²) in [5.74, 6) is 2.39. The minimum Gasteiger partial charge on any atom is -0.465 e. The lowest BCUT2D eigenvalue weighted by Gasteiger charge is -2.00. The first-order valence-electron chi connectivity index (χ1n) is 4.27. The molecule has 0 aromatic carbocycles. The second-order valence-corrected chi connectivity index (χ2v) is 2.99. The fourth-order valence-corrected chi connectivity index (χ4v) is 1.13. The van der Waals surface area contributed by atoms with Crippen LogP contribution < -0.4 is 5.32 Å². The summed E-state index contributed by atoms with van der Waals surface area (Å²) in [6.07, 6.45) is 0. The Morgan fingerprint density at radius 3 is 2.93 bits per heavy atom. The van der Waals surface area contributed by atoms with Gasteiger partial charge in [0.2, 0.25) is 5.95 Å². The predicted molar refractivity (Wildman–Crippen MR) is 49.6 cm³/mol. The molecule has 74 valence electrons. The highest BCUT2D eigenvalue weighted by atomic mass is 16.3. The molecule has 0 saturated carbocycles. The molecular weight excluding hydrogens is 182 g/mol. The first-order chi connectivity index (χ1) is 6.75. The summed E-state index contributed by atoms with van der Waals surface area (Å²) in [5, 5.41) is 14.0. The van der Waals surface area contributed by atoms with Crippen LogP contribution in [0.5, 0.6) is 0 Å². The van der Waals surface area contributed by atoms with Gasteiger partial charge in [0.25, 0.3) is 0 Å². The molecule has 14 heavy (non-hydrogen) atoms. The van der Waals surface area contributed by atoms with Crippen molar-refractivity contribution in [3.63, 3.8) is 0 Å². The molecule has 0 atom stereocenters. The number of aromatic nitrogens is 4. The summed E-state index contributed by atoms with van der Waals surface area (Å²) in [6.45, 7) is 2.50. The van der Waals surface area contributed by atoms with Gasteiger partial charge < -0.3 is 9.73 Å². The normalized spacial score (nSPS) is 10.4. The third kappa shape index (κ3) is 1.73. The van der Waals surface area contributed by atoms with Gasteiger partial charge in [-0.25, -0.2) is 4.68 Å². The minimum atomic E-state index is 0.585. The van der Waals surface area contributed by atoms with Crippen LogP contribution in [0, 0.1) is 6.92 Å². The molecule has 0 radical (unpaired) electrons. The molecular formula is C8H11N5O. The van der Waals surface area contributed by atoms with Crippen molar-refractivity contribution in [2.75, 3.05) is 5.32 Å². The van der Waals surface area contributed by atoms with E-state index in [2.05, 4.69) is 20.8 Å². The Hall–Kier alpha value is -1.85. The summed E-state index contributed by atoms with van der Waals surface area (Å²) >= 11 is 0. The van der Waals surface area contributed by atoms with Crippen molar-refractivity contribution >= 4 is 5.95 Å². The molecule has 0 amide bonds. The molecule has 2 aromatic heterocycles. The second-order valence-electron chi connectivity index (χ2n) is 2.99. The zero-order valence-electron chi connectivity index (χ0n) is 8.06. The first kappa shape index (κ1) is 8.74. The molecule has 0 aliphatic carbocycles. The largest absolute Gasteiger partial charge is 0.465 e. The monoisotopic (exact) mass is 193 g/mol. The van der Waals surface area contributed by atoms with Crippen molar-refractivity contribution in [3.05, 3.63) is 23.7 Å². The van der Waals surface area contributed by atoms with Gasteiger partial charge in [-0.15, -0.1) is 0 Å². The average molecular weight is 193 g/mol. The van der Waals surface area contributed by atoms with Crippen molar-refractivity contribution in [3.8, 4) is 0 Å². The van der Waals surface area contributed by atoms with Crippen molar-refractivity contribution < 1.29 is 4.42 Å². The molecule has 0 spiro atoms. The Kier molecular flexibility index (Phi) is 2.18. The zero-order valence-corrected chi connectivity index (χ0v) is 8.06. The minimum absolute atomic E-state index is 0.585. The summed E-state index contributed by atoms with van der Waals surface area (Å²) in [4.78, 5) is 0. The Bertz CT molecular complexity index is 419. The molecule has 6 nitrogen and oxygen atoms in total. The molecule has 2 aromatic rings. The lowest BCUT2D eigenvalue weighted by atomic mass is 10.4. The van der Waals surface area contributed by atoms with E-state index >= 15 is 0 Å². The van der Waals surface area contributed by atoms with Crippen molar-refractivity contribution in [2.45, 2.75) is 13.5 Å². The van der Waals surface area contributed by atoms with E-state index in [1.165, 1.54) is 0 Å². The number of hydrogen-bond acceptors (Lipinski definition) is 5. The van der Waals surface area contributed by atoms with Crippen LogP contribution >= 0.6 is 0 Å². The van der Waals surface area contributed by atoms with E-state index in [-0.39, 0.29) is 0 Å². The lowest BCUT2D eigenvalue weighted by molar-refractivity contribution is 0.489. The third-order valence-electron chi connectivity index (χ3n) is 1.84. The molecule has 6 heteroatoms. The Balaban J connectivity index is 1.98. The number of hydrogen-bond donors (Lipinski definition) is 1. The van der Waals surface area contributed by atoms with E-state index in [0.29, 0.717) is 12.5 Å². The van der Waals surface area contributed by atoms with Gasteiger partial charge in [-0.05, 0) is 29.5 Å². The van der Waals surface area contributed by atoms with Crippen molar-refractivity contribution in [1.82, 2.24) is 20.2 Å². The Labute approximate surface area is 80.9 Å². The second kappa shape index (κ2) is 3.49. The quantitative estimate of drug-likeness (QED) is 0.778. The van der Waals surface area contributed by atoms with Crippen LogP contribution in [-0.2, 0) is 13.6 Å². The summed E-state index contributed by atoms with van der Waals surface area (Å²) in [7, 11) is 1.77. The SMILES string of the molecule is Cc1ccc(CNc2nnnn2C)o1.